The fourth-order valence-corrected chi connectivity index (χ4v) is 9.11. The van der Waals surface area contributed by atoms with Crippen LogP contribution in [-0.4, -0.2) is 103 Å². The van der Waals surface area contributed by atoms with Gasteiger partial charge in [-0.15, -0.1) is 0 Å². The molecule has 7 N–H and O–H groups in total. The molecule has 1 fully saturated rings. The number of ether oxygens (including phenoxy) is 3. The van der Waals surface area contributed by atoms with E-state index in [2.05, 4.69) is 36.5 Å². The number of aliphatic hydroxyl groups is 4. The number of fused-ring (bicyclic) bond motifs is 3. The molecule has 0 radical (unpaired) electrons. The standard InChI is InChI=1S/C51H69NO14/c1-3-4-5-6-7-8-9-10-11-12-13-14-15-16-17-20-26-64-40(57)25-19-18-24-39(56)52-36-27-41(65-32(2)46(36)58)66-37-29-51(63,38(55)31-54)28-35-43(37)50(62)45-44(48(35)60)47(59)34-23-21-22-33(30-53)42(34)49(45)61/h7-8,10-11,21-23,32,36-37,41,46,53-54,58,60,62-63H,3-6,9,12-20,24-31H2,1-2H3,(H,52,56)/b8-7-,11-10-/t32-,36-,37-,41-,46+,51-/m0/s1. The largest absolute Gasteiger partial charge is 0.507 e. The highest BCUT2D eigenvalue weighted by atomic mass is 16.7. The lowest BCUT2D eigenvalue weighted by atomic mass is 9.71. The Kier molecular flexibility index (Phi) is 20.1. The Morgan fingerprint density at radius 3 is 2.21 bits per heavy atom. The molecular formula is C51H69NO14. The van der Waals surface area contributed by atoms with Crippen LogP contribution < -0.4 is 5.32 Å². The predicted molar refractivity (Wildman–Crippen MR) is 244 cm³/mol. The highest BCUT2D eigenvalue weighted by Gasteiger charge is 2.50. The molecule has 15 nitrogen and oxygen atoms in total. The van der Waals surface area contributed by atoms with Gasteiger partial charge >= 0.3 is 5.97 Å². The molecule has 0 bridgehead atoms. The van der Waals surface area contributed by atoms with Gasteiger partial charge in [-0.05, 0) is 63.9 Å². The first-order chi connectivity index (χ1) is 31.8. The van der Waals surface area contributed by atoms with Gasteiger partial charge in [-0.1, -0.05) is 88.0 Å². The summed E-state index contributed by atoms with van der Waals surface area (Å²) in [7, 11) is 0. The minimum atomic E-state index is -2.35. The monoisotopic (exact) mass is 919 g/mol. The van der Waals surface area contributed by atoms with Gasteiger partial charge < -0.3 is 50.2 Å². The number of hydrogen-bond donors (Lipinski definition) is 7. The van der Waals surface area contributed by atoms with Crippen LogP contribution >= 0.6 is 0 Å². The molecule has 6 atom stereocenters. The summed E-state index contributed by atoms with van der Waals surface area (Å²) in [6.07, 6.45) is 17.4. The maximum absolute atomic E-state index is 13.9. The molecule has 0 aromatic heterocycles. The number of allylic oxidation sites excluding steroid dienone is 4. The summed E-state index contributed by atoms with van der Waals surface area (Å²) in [5, 5.41) is 68.5. The molecule has 1 amide bonds. The Hall–Kier alpha value is -4.77. The number of aliphatic hydroxyl groups excluding tert-OH is 3. The Labute approximate surface area is 387 Å². The van der Waals surface area contributed by atoms with Gasteiger partial charge in [-0.25, -0.2) is 0 Å². The number of hydrogen-bond acceptors (Lipinski definition) is 14. The lowest BCUT2D eigenvalue weighted by Crippen LogP contribution is -2.55. The first kappa shape index (κ1) is 52.2. The average Bonchev–Trinajstić information content (AvgIpc) is 3.30. The van der Waals surface area contributed by atoms with E-state index in [0.29, 0.717) is 19.4 Å². The van der Waals surface area contributed by atoms with Crippen molar-refractivity contribution >= 4 is 29.2 Å². The van der Waals surface area contributed by atoms with Gasteiger partial charge in [-0.3, -0.25) is 24.0 Å². The van der Waals surface area contributed by atoms with Crippen LogP contribution in [0.2, 0.25) is 0 Å². The predicted octanol–water partition coefficient (Wildman–Crippen LogP) is 6.56. The van der Waals surface area contributed by atoms with E-state index >= 15 is 0 Å². The highest BCUT2D eigenvalue weighted by molar-refractivity contribution is 6.31. The van der Waals surface area contributed by atoms with Gasteiger partial charge in [-0.2, -0.15) is 0 Å². The van der Waals surface area contributed by atoms with E-state index in [9.17, 15) is 54.6 Å². The summed E-state index contributed by atoms with van der Waals surface area (Å²) in [4.78, 5) is 66.0. The quantitative estimate of drug-likeness (QED) is 0.0195. The van der Waals surface area contributed by atoms with Crippen molar-refractivity contribution in [2.45, 2.75) is 179 Å². The van der Waals surface area contributed by atoms with Gasteiger partial charge in [0.15, 0.2) is 23.6 Å². The van der Waals surface area contributed by atoms with Crippen LogP contribution in [0.5, 0.6) is 11.5 Å². The molecule has 5 rings (SSSR count). The van der Waals surface area contributed by atoms with Crippen LogP contribution in [0, 0.1) is 0 Å². The Balaban J connectivity index is 1.08. The molecule has 362 valence electrons. The van der Waals surface area contributed by atoms with Gasteiger partial charge in [0.25, 0.3) is 0 Å². The van der Waals surface area contributed by atoms with Crippen molar-refractivity contribution in [1.29, 1.82) is 0 Å². The number of esters is 1. The molecule has 1 heterocycles. The maximum Gasteiger partial charge on any atom is 0.305 e. The number of Topliss-reactive ketones (excluding diaryl/α,β-unsaturated/α-hetero) is 1. The fraction of sp³-hybridized carbons (Fsp3) is 0.588. The van der Waals surface area contributed by atoms with Crippen LogP contribution in [0.25, 0.3) is 0 Å². The number of carbonyl (C=O) groups is 5. The zero-order valence-corrected chi connectivity index (χ0v) is 38.4. The van der Waals surface area contributed by atoms with E-state index in [1.165, 1.54) is 56.7 Å². The summed E-state index contributed by atoms with van der Waals surface area (Å²) in [5.41, 5.74) is -4.05. The molecule has 1 aliphatic heterocycles. The third-order valence-corrected chi connectivity index (χ3v) is 12.8. The molecule has 15 heteroatoms. The van der Waals surface area contributed by atoms with Gasteiger partial charge in [0.1, 0.15) is 29.8 Å². The van der Waals surface area contributed by atoms with Crippen molar-refractivity contribution in [1.82, 2.24) is 5.32 Å². The second-order valence-corrected chi connectivity index (χ2v) is 17.8. The lowest BCUT2D eigenvalue weighted by molar-refractivity contribution is -0.249. The van der Waals surface area contributed by atoms with E-state index in [-0.39, 0.29) is 53.0 Å². The number of ketones is 3. The van der Waals surface area contributed by atoms with Crippen molar-refractivity contribution in [3.63, 3.8) is 0 Å². The van der Waals surface area contributed by atoms with Crippen molar-refractivity contribution in [2.24, 2.45) is 0 Å². The third-order valence-electron chi connectivity index (χ3n) is 12.8. The molecular weight excluding hydrogens is 851 g/mol. The number of amides is 1. The van der Waals surface area contributed by atoms with Crippen LogP contribution in [-0.2, 0) is 41.6 Å². The molecule has 0 unspecified atom stereocenters. The summed E-state index contributed by atoms with van der Waals surface area (Å²) in [6, 6.07) is 3.34. The topological polar surface area (TPSA) is 246 Å². The van der Waals surface area contributed by atoms with Crippen LogP contribution in [0.1, 0.15) is 184 Å². The van der Waals surface area contributed by atoms with E-state index < -0.39 is 108 Å². The summed E-state index contributed by atoms with van der Waals surface area (Å²) >= 11 is 0. The first-order valence-corrected chi connectivity index (χ1v) is 23.8. The first-order valence-electron chi connectivity index (χ1n) is 23.8. The smallest absolute Gasteiger partial charge is 0.305 e. The van der Waals surface area contributed by atoms with Crippen molar-refractivity contribution in [3.05, 3.63) is 81.4 Å². The summed E-state index contributed by atoms with van der Waals surface area (Å²) in [6.45, 7) is 2.45. The number of phenolic OH excluding ortho intramolecular Hbond substituents is 2. The maximum atomic E-state index is 13.9. The SMILES string of the molecule is CCCCC/C=C\C/C=C\CCCCCCCCOC(=O)CCCCC(=O)N[C@H]1C[C@H](O[C@H]2C[C@](O)(C(=O)CO)Cc3c(O)c4c(c(O)c32)C(=O)c2c(CO)cccc2C4=O)O[C@@H](C)[C@H]1O. The number of aromatic hydroxyl groups is 2. The van der Waals surface area contributed by atoms with Crippen LogP contribution in [0.4, 0.5) is 0 Å². The van der Waals surface area contributed by atoms with Gasteiger partial charge in [0, 0.05) is 54.4 Å². The Morgan fingerprint density at radius 1 is 0.848 bits per heavy atom. The number of nitrogens with one attached hydrogen (secondary N) is 1. The normalized spacial score (nSPS) is 22.6. The highest BCUT2D eigenvalue weighted by Crippen LogP contribution is 2.52. The van der Waals surface area contributed by atoms with E-state index in [4.69, 9.17) is 14.2 Å². The lowest BCUT2D eigenvalue weighted by Gasteiger charge is -2.43. The van der Waals surface area contributed by atoms with Crippen molar-refractivity contribution in [2.75, 3.05) is 13.2 Å². The number of phenols is 2. The summed E-state index contributed by atoms with van der Waals surface area (Å²) < 4.78 is 17.6. The van der Waals surface area contributed by atoms with Gasteiger partial charge in [0.2, 0.25) is 5.91 Å². The molecule has 1 saturated heterocycles. The van der Waals surface area contributed by atoms with E-state index in [1.54, 1.807) is 6.92 Å². The Bertz CT molecular complexity index is 2080. The molecule has 2 aliphatic carbocycles. The molecule has 0 saturated carbocycles. The molecule has 0 spiro atoms. The zero-order valence-electron chi connectivity index (χ0n) is 38.4. The number of rotatable bonds is 26. The molecule has 3 aliphatic rings. The third kappa shape index (κ3) is 13.2. The van der Waals surface area contributed by atoms with Gasteiger partial charge in [0.05, 0.1) is 42.6 Å². The second-order valence-electron chi connectivity index (χ2n) is 17.8. The van der Waals surface area contributed by atoms with Crippen LogP contribution in [0.3, 0.4) is 0 Å². The minimum absolute atomic E-state index is 0.0572. The van der Waals surface area contributed by atoms with Crippen LogP contribution in [0.15, 0.2) is 42.5 Å². The summed E-state index contributed by atoms with van der Waals surface area (Å²) in [5.74, 6) is -4.94. The fourth-order valence-electron chi connectivity index (χ4n) is 9.11. The molecule has 2 aromatic rings. The van der Waals surface area contributed by atoms with E-state index in [0.717, 1.165) is 38.5 Å². The molecule has 66 heavy (non-hydrogen) atoms. The van der Waals surface area contributed by atoms with Crippen molar-refractivity contribution in [3.8, 4) is 11.5 Å². The second kappa shape index (κ2) is 25.4. The molecule has 2 aromatic carbocycles. The van der Waals surface area contributed by atoms with E-state index in [1.807, 2.05) is 0 Å². The number of carbonyl (C=O) groups excluding carboxylic acids is 5. The minimum Gasteiger partial charge on any atom is -0.507 e. The average molecular weight is 920 g/mol. The number of benzene rings is 2. The Morgan fingerprint density at radius 2 is 1.52 bits per heavy atom. The van der Waals surface area contributed by atoms with Crippen molar-refractivity contribution < 1.29 is 68.8 Å². The zero-order chi connectivity index (χ0) is 47.8. The number of unbranched alkanes of at least 4 members (excludes halogenated alkanes) is 10.